The van der Waals surface area contributed by atoms with E-state index in [0.29, 0.717) is 23.8 Å². The maximum Gasteiger partial charge on any atom is 0.349 e. The van der Waals surface area contributed by atoms with E-state index in [1.54, 1.807) is 17.0 Å². The summed E-state index contributed by atoms with van der Waals surface area (Å²) in [4.78, 5) is 35.5. The van der Waals surface area contributed by atoms with E-state index in [1.807, 2.05) is 49.4 Å². The van der Waals surface area contributed by atoms with Crippen LogP contribution in [0.5, 0.6) is 0 Å². The summed E-state index contributed by atoms with van der Waals surface area (Å²) >= 11 is 1.46. The van der Waals surface area contributed by atoms with Crippen LogP contribution in [0.4, 0.5) is 5.13 Å². The molecule has 0 aliphatic heterocycles. The molecule has 0 saturated carbocycles. The average Bonchev–Trinajstić information content (AvgIpc) is 3.28. The Balaban J connectivity index is 1.62. The molecule has 0 aliphatic carbocycles. The molecule has 0 spiro atoms. The van der Waals surface area contributed by atoms with Crippen molar-refractivity contribution >= 4 is 54.3 Å². The van der Waals surface area contributed by atoms with Crippen molar-refractivity contribution in [3.05, 3.63) is 82.2 Å². The zero-order valence-corrected chi connectivity index (χ0v) is 20.9. The summed E-state index contributed by atoms with van der Waals surface area (Å²) in [6.45, 7) is 9.08. The molecule has 0 saturated heterocycles. The van der Waals surface area contributed by atoms with Crippen molar-refractivity contribution in [2.75, 3.05) is 31.1 Å². The third-order valence-electron chi connectivity index (χ3n) is 6.42. The topological polar surface area (TPSA) is 66.7 Å². The fourth-order valence-corrected chi connectivity index (χ4v) is 5.45. The fraction of sp³-hybridized carbons (Fsp3) is 0.250. The lowest BCUT2D eigenvalue weighted by atomic mass is 10.0. The van der Waals surface area contributed by atoms with Gasteiger partial charge in [0.25, 0.3) is 5.91 Å². The Morgan fingerprint density at radius 1 is 0.971 bits per heavy atom. The maximum absolute atomic E-state index is 13.9. The molecule has 5 rings (SSSR count). The van der Waals surface area contributed by atoms with Crippen LogP contribution in [-0.4, -0.2) is 42.0 Å². The number of hydrogen-bond donors (Lipinski definition) is 0. The Hall–Kier alpha value is -3.55. The van der Waals surface area contributed by atoms with Crippen molar-refractivity contribution in [1.29, 1.82) is 0 Å². The number of amides is 1. The standard InChI is InChI=1S/C28H27N3O3S/c1-4-30(5-2)14-15-31(28-29-23-12-10-18(3)16-25(23)35-28)26(32)22-17-21-20-9-7-6-8-19(20)11-13-24(21)34-27(22)33/h6-13,16-17H,4-5,14-15H2,1-3H3. The van der Waals surface area contributed by atoms with Crippen LogP contribution in [0, 0.1) is 6.92 Å². The highest BCUT2D eigenvalue weighted by Crippen LogP contribution is 2.31. The van der Waals surface area contributed by atoms with E-state index in [2.05, 4.69) is 24.8 Å². The van der Waals surface area contributed by atoms with Crippen LogP contribution in [0.2, 0.25) is 0 Å². The Kier molecular flexibility index (Phi) is 6.36. The number of fused-ring (bicyclic) bond motifs is 4. The van der Waals surface area contributed by atoms with Crippen molar-refractivity contribution < 1.29 is 9.21 Å². The summed E-state index contributed by atoms with van der Waals surface area (Å²) in [6.07, 6.45) is 0. The molecule has 35 heavy (non-hydrogen) atoms. The van der Waals surface area contributed by atoms with Crippen LogP contribution in [0.1, 0.15) is 29.8 Å². The molecule has 0 fully saturated rings. The van der Waals surface area contributed by atoms with Gasteiger partial charge in [-0.15, -0.1) is 0 Å². The van der Waals surface area contributed by atoms with Gasteiger partial charge in [-0.3, -0.25) is 9.69 Å². The summed E-state index contributed by atoms with van der Waals surface area (Å²) < 4.78 is 6.63. The largest absolute Gasteiger partial charge is 0.422 e. The first kappa shape index (κ1) is 23.2. The van der Waals surface area contributed by atoms with Crippen LogP contribution in [0.3, 0.4) is 0 Å². The van der Waals surface area contributed by atoms with Gasteiger partial charge >= 0.3 is 5.63 Å². The molecular weight excluding hydrogens is 458 g/mol. The quantitative estimate of drug-likeness (QED) is 0.214. The Morgan fingerprint density at radius 3 is 2.57 bits per heavy atom. The molecule has 0 N–H and O–H groups in total. The van der Waals surface area contributed by atoms with Gasteiger partial charge in [-0.1, -0.05) is 61.6 Å². The number of nitrogens with zero attached hydrogens (tertiary/aromatic N) is 3. The van der Waals surface area contributed by atoms with Crippen LogP contribution in [0.25, 0.3) is 32.0 Å². The Bertz CT molecular complexity index is 1600. The van der Waals surface area contributed by atoms with Crippen molar-refractivity contribution in [2.24, 2.45) is 0 Å². The van der Waals surface area contributed by atoms with Gasteiger partial charge in [0.1, 0.15) is 11.1 Å². The number of thiazole rings is 1. The second-order valence-electron chi connectivity index (χ2n) is 8.60. The molecule has 3 aromatic carbocycles. The molecule has 0 radical (unpaired) electrons. The normalized spacial score (nSPS) is 11.7. The minimum Gasteiger partial charge on any atom is -0.422 e. The first-order chi connectivity index (χ1) is 17.0. The lowest BCUT2D eigenvalue weighted by Crippen LogP contribution is -2.40. The van der Waals surface area contributed by atoms with Crippen molar-refractivity contribution in [3.63, 3.8) is 0 Å². The fourth-order valence-electron chi connectivity index (χ4n) is 4.37. The first-order valence-corrected chi connectivity index (χ1v) is 12.7. The summed E-state index contributed by atoms with van der Waals surface area (Å²) in [5, 5.41) is 3.29. The molecule has 7 heteroatoms. The average molecular weight is 486 g/mol. The second kappa shape index (κ2) is 9.60. The van der Waals surface area contributed by atoms with Crippen LogP contribution < -0.4 is 10.5 Å². The minimum atomic E-state index is -0.637. The van der Waals surface area contributed by atoms with Gasteiger partial charge in [-0.2, -0.15) is 0 Å². The van der Waals surface area contributed by atoms with E-state index in [4.69, 9.17) is 9.40 Å². The molecule has 6 nitrogen and oxygen atoms in total. The molecular formula is C28H27N3O3S. The monoisotopic (exact) mass is 485 g/mol. The number of carbonyl (C=O) groups is 1. The molecule has 0 atom stereocenters. The summed E-state index contributed by atoms with van der Waals surface area (Å²) in [5.74, 6) is -0.392. The third kappa shape index (κ3) is 4.45. The lowest BCUT2D eigenvalue weighted by Gasteiger charge is -2.24. The molecule has 2 aromatic heterocycles. The van der Waals surface area contributed by atoms with E-state index in [-0.39, 0.29) is 5.56 Å². The number of carbonyl (C=O) groups excluding carboxylic acids is 1. The maximum atomic E-state index is 13.9. The van der Waals surface area contributed by atoms with E-state index in [9.17, 15) is 9.59 Å². The van der Waals surface area contributed by atoms with Crippen molar-refractivity contribution in [1.82, 2.24) is 9.88 Å². The van der Waals surface area contributed by atoms with Gasteiger partial charge in [0.15, 0.2) is 5.13 Å². The Labute approximate surface area is 207 Å². The number of benzene rings is 3. The molecule has 178 valence electrons. The molecule has 0 unspecified atom stereocenters. The minimum absolute atomic E-state index is 0.0174. The zero-order valence-electron chi connectivity index (χ0n) is 20.1. The molecule has 0 aliphatic rings. The third-order valence-corrected chi connectivity index (χ3v) is 7.46. The van der Waals surface area contributed by atoms with Crippen molar-refractivity contribution in [3.8, 4) is 0 Å². The van der Waals surface area contributed by atoms with E-state index in [0.717, 1.165) is 45.0 Å². The van der Waals surface area contributed by atoms with Gasteiger partial charge < -0.3 is 9.32 Å². The summed E-state index contributed by atoms with van der Waals surface area (Å²) in [7, 11) is 0. The highest BCUT2D eigenvalue weighted by Gasteiger charge is 2.25. The van der Waals surface area contributed by atoms with Gasteiger partial charge in [-0.25, -0.2) is 9.78 Å². The van der Waals surface area contributed by atoms with Gasteiger partial charge in [0.2, 0.25) is 0 Å². The predicted octanol–water partition coefficient (Wildman–Crippen LogP) is 5.85. The lowest BCUT2D eigenvalue weighted by molar-refractivity contribution is 0.0980. The smallest absolute Gasteiger partial charge is 0.349 e. The highest BCUT2D eigenvalue weighted by atomic mass is 32.1. The molecule has 0 bridgehead atoms. The highest BCUT2D eigenvalue weighted by molar-refractivity contribution is 7.22. The summed E-state index contributed by atoms with van der Waals surface area (Å²) in [5.41, 5.74) is 1.82. The first-order valence-electron chi connectivity index (χ1n) is 11.9. The van der Waals surface area contributed by atoms with E-state index in [1.165, 1.54) is 11.3 Å². The Morgan fingerprint density at radius 2 is 1.77 bits per heavy atom. The predicted molar refractivity (Wildman–Crippen MR) is 144 cm³/mol. The van der Waals surface area contributed by atoms with Gasteiger partial charge in [-0.05, 0) is 60.6 Å². The van der Waals surface area contributed by atoms with Crippen LogP contribution in [0.15, 0.2) is 69.9 Å². The van der Waals surface area contributed by atoms with Crippen LogP contribution >= 0.6 is 11.3 Å². The van der Waals surface area contributed by atoms with E-state index >= 15 is 0 Å². The molecule has 2 heterocycles. The van der Waals surface area contributed by atoms with E-state index < -0.39 is 11.5 Å². The number of aryl methyl sites for hydroxylation is 1. The van der Waals surface area contributed by atoms with Gasteiger partial charge in [0.05, 0.1) is 10.2 Å². The van der Waals surface area contributed by atoms with Crippen molar-refractivity contribution in [2.45, 2.75) is 20.8 Å². The van der Waals surface area contributed by atoms with Crippen LogP contribution in [-0.2, 0) is 0 Å². The number of aromatic nitrogens is 1. The number of likely N-dealkylation sites (N-methyl/N-ethyl adjacent to an activating group) is 1. The molecule has 5 aromatic rings. The number of rotatable bonds is 7. The molecule has 1 amide bonds. The SMILES string of the molecule is CCN(CC)CCN(C(=O)c1cc2c(ccc3ccccc32)oc1=O)c1nc2ccc(C)cc2s1. The number of hydrogen-bond acceptors (Lipinski definition) is 6. The number of anilines is 1. The summed E-state index contributed by atoms with van der Waals surface area (Å²) in [6, 6.07) is 19.3. The van der Waals surface area contributed by atoms with Gasteiger partial charge in [0, 0.05) is 18.5 Å². The second-order valence-corrected chi connectivity index (χ2v) is 9.61. The zero-order chi connectivity index (χ0) is 24.5.